The van der Waals surface area contributed by atoms with E-state index < -0.39 is 0 Å². The highest BCUT2D eigenvalue weighted by Crippen LogP contribution is 2.33. The fourth-order valence-electron chi connectivity index (χ4n) is 2.24. The largest absolute Gasteiger partial charge is 0.330 e. The molecule has 0 spiro atoms. The zero-order chi connectivity index (χ0) is 10.1. The molecule has 2 atom stereocenters. The number of nitrogens with zero attached hydrogens (tertiary/aromatic N) is 4. The number of rotatable bonds is 2. The van der Waals surface area contributed by atoms with Gasteiger partial charge in [-0.05, 0) is 32.5 Å². The molecule has 0 aliphatic carbocycles. The van der Waals surface area contributed by atoms with Crippen molar-refractivity contribution < 1.29 is 0 Å². The first kappa shape index (κ1) is 9.61. The van der Waals surface area contributed by atoms with Gasteiger partial charge in [0.15, 0.2) is 0 Å². The van der Waals surface area contributed by atoms with Gasteiger partial charge in [0.05, 0.1) is 6.04 Å². The lowest BCUT2D eigenvalue weighted by molar-refractivity contribution is 0.273. The SMILES string of the molecule is CN1CCC(CN)C1c1cn(C)nn1. The molecule has 2 heterocycles. The molecule has 1 aliphatic heterocycles. The molecule has 5 nitrogen and oxygen atoms in total. The summed E-state index contributed by atoms with van der Waals surface area (Å²) < 4.78 is 1.75. The highest BCUT2D eigenvalue weighted by molar-refractivity contribution is 5.06. The van der Waals surface area contributed by atoms with Crippen molar-refractivity contribution in [3.8, 4) is 0 Å². The van der Waals surface area contributed by atoms with E-state index in [4.69, 9.17) is 5.73 Å². The fraction of sp³-hybridized carbons (Fsp3) is 0.778. The van der Waals surface area contributed by atoms with E-state index >= 15 is 0 Å². The third-order valence-electron chi connectivity index (χ3n) is 3.00. The summed E-state index contributed by atoms with van der Waals surface area (Å²) in [4.78, 5) is 2.31. The molecule has 2 N–H and O–H groups in total. The summed E-state index contributed by atoms with van der Waals surface area (Å²) in [7, 11) is 4.01. The number of aromatic nitrogens is 3. The van der Waals surface area contributed by atoms with Crippen LogP contribution >= 0.6 is 0 Å². The Bertz CT molecular complexity index is 308. The molecule has 1 fully saturated rings. The summed E-state index contributed by atoms with van der Waals surface area (Å²) in [6, 6.07) is 0.355. The van der Waals surface area contributed by atoms with E-state index in [0.717, 1.165) is 25.2 Å². The van der Waals surface area contributed by atoms with E-state index in [0.29, 0.717) is 12.0 Å². The predicted molar refractivity (Wildman–Crippen MR) is 53.5 cm³/mol. The summed E-state index contributed by atoms with van der Waals surface area (Å²) in [5.74, 6) is 0.525. The van der Waals surface area contributed by atoms with Crippen LogP contribution in [-0.2, 0) is 7.05 Å². The van der Waals surface area contributed by atoms with E-state index in [1.807, 2.05) is 13.2 Å². The van der Waals surface area contributed by atoms with Crippen LogP contribution in [0, 0.1) is 5.92 Å². The molecule has 78 valence electrons. The van der Waals surface area contributed by atoms with Gasteiger partial charge in [-0.15, -0.1) is 5.10 Å². The molecule has 2 rings (SSSR count). The van der Waals surface area contributed by atoms with E-state index in [1.165, 1.54) is 0 Å². The molecule has 1 aromatic heterocycles. The molecule has 1 aliphatic rings. The average molecular weight is 195 g/mol. The monoisotopic (exact) mass is 195 g/mol. The highest BCUT2D eigenvalue weighted by Gasteiger charge is 2.33. The number of hydrogen-bond acceptors (Lipinski definition) is 4. The second kappa shape index (κ2) is 3.67. The van der Waals surface area contributed by atoms with Crippen molar-refractivity contribution >= 4 is 0 Å². The smallest absolute Gasteiger partial charge is 0.100 e. The van der Waals surface area contributed by atoms with Crippen molar-refractivity contribution in [2.75, 3.05) is 20.1 Å². The van der Waals surface area contributed by atoms with Crippen molar-refractivity contribution in [3.05, 3.63) is 11.9 Å². The molecule has 0 radical (unpaired) electrons. The van der Waals surface area contributed by atoms with E-state index in [-0.39, 0.29) is 0 Å². The van der Waals surface area contributed by atoms with Crippen LogP contribution in [0.3, 0.4) is 0 Å². The maximum absolute atomic E-state index is 5.75. The minimum atomic E-state index is 0.355. The number of hydrogen-bond donors (Lipinski definition) is 1. The van der Waals surface area contributed by atoms with Gasteiger partial charge < -0.3 is 5.73 Å². The van der Waals surface area contributed by atoms with Crippen molar-refractivity contribution in [2.45, 2.75) is 12.5 Å². The Morgan fingerprint density at radius 1 is 1.57 bits per heavy atom. The van der Waals surface area contributed by atoms with Gasteiger partial charge in [0.25, 0.3) is 0 Å². The quantitative estimate of drug-likeness (QED) is 0.708. The topological polar surface area (TPSA) is 60.0 Å². The Labute approximate surface area is 83.9 Å². The molecule has 0 aromatic carbocycles. The molecular weight excluding hydrogens is 178 g/mol. The Hall–Kier alpha value is -0.940. The van der Waals surface area contributed by atoms with Crippen LogP contribution in [0.2, 0.25) is 0 Å². The molecule has 0 amide bonds. The third kappa shape index (κ3) is 1.53. The summed E-state index contributed by atoms with van der Waals surface area (Å²) in [6.07, 6.45) is 3.14. The van der Waals surface area contributed by atoms with Gasteiger partial charge in [0.1, 0.15) is 5.69 Å². The van der Waals surface area contributed by atoms with Crippen LogP contribution < -0.4 is 5.73 Å². The third-order valence-corrected chi connectivity index (χ3v) is 3.00. The molecule has 0 bridgehead atoms. The van der Waals surface area contributed by atoms with Crippen molar-refractivity contribution in [1.82, 2.24) is 19.9 Å². The zero-order valence-electron chi connectivity index (χ0n) is 8.72. The first-order valence-corrected chi connectivity index (χ1v) is 4.99. The van der Waals surface area contributed by atoms with Crippen LogP contribution in [0.5, 0.6) is 0 Å². The minimum Gasteiger partial charge on any atom is -0.330 e. The summed E-state index contributed by atoms with van der Waals surface area (Å²) in [6.45, 7) is 1.83. The zero-order valence-corrected chi connectivity index (χ0v) is 8.72. The second-order valence-corrected chi connectivity index (χ2v) is 4.03. The maximum atomic E-state index is 5.75. The van der Waals surface area contributed by atoms with Gasteiger partial charge in [-0.2, -0.15) is 0 Å². The summed E-state index contributed by atoms with van der Waals surface area (Å²) in [5.41, 5.74) is 6.79. The van der Waals surface area contributed by atoms with Crippen LogP contribution in [0.1, 0.15) is 18.2 Å². The Kier molecular flexibility index (Phi) is 2.52. The van der Waals surface area contributed by atoms with Crippen molar-refractivity contribution in [1.29, 1.82) is 0 Å². The number of nitrogens with two attached hydrogens (primary N) is 1. The Balaban J connectivity index is 2.22. The molecule has 5 heteroatoms. The lowest BCUT2D eigenvalue weighted by Crippen LogP contribution is -2.25. The first-order valence-electron chi connectivity index (χ1n) is 4.99. The summed E-state index contributed by atoms with van der Waals surface area (Å²) >= 11 is 0. The van der Waals surface area contributed by atoms with Crippen LogP contribution in [0.25, 0.3) is 0 Å². The molecule has 1 saturated heterocycles. The highest BCUT2D eigenvalue weighted by atomic mass is 15.4. The fourth-order valence-corrected chi connectivity index (χ4v) is 2.24. The number of aryl methyl sites for hydroxylation is 1. The number of likely N-dealkylation sites (tertiary alicyclic amines) is 1. The lowest BCUT2D eigenvalue weighted by Gasteiger charge is -2.21. The van der Waals surface area contributed by atoms with Gasteiger partial charge in [0, 0.05) is 13.2 Å². The summed E-state index contributed by atoms with van der Waals surface area (Å²) in [5, 5.41) is 8.13. The normalized spacial score (nSPS) is 28.5. The van der Waals surface area contributed by atoms with Gasteiger partial charge in [-0.1, -0.05) is 5.21 Å². The average Bonchev–Trinajstić information content (AvgIpc) is 2.71. The first-order chi connectivity index (χ1) is 6.72. The van der Waals surface area contributed by atoms with E-state index in [2.05, 4.69) is 22.3 Å². The predicted octanol–water partition coefficient (Wildman–Crippen LogP) is -0.233. The maximum Gasteiger partial charge on any atom is 0.100 e. The molecular formula is C9H17N5. The molecule has 0 saturated carbocycles. The Morgan fingerprint density at radius 2 is 2.36 bits per heavy atom. The molecule has 1 aromatic rings. The van der Waals surface area contributed by atoms with E-state index in [9.17, 15) is 0 Å². The van der Waals surface area contributed by atoms with Crippen LogP contribution in [-0.4, -0.2) is 40.0 Å². The van der Waals surface area contributed by atoms with Gasteiger partial charge >= 0.3 is 0 Å². The molecule has 2 unspecified atom stereocenters. The second-order valence-electron chi connectivity index (χ2n) is 4.03. The van der Waals surface area contributed by atoms with Crippen LogP contribution in [0.15, 0.2) is 6.20 Å². The minimum absolute atomic E-state index is 0.355. The lowest BCUT2D eigenvalue weighted by atomic mass is 9.98. The molecule has 14 heavy (non-hydrogen) atoms. The van der Waals surface area contributed by atoms with Crippen molar-refractivity contribution in [3.63, 3.8) is 0 Å². The van der Waals surface area contributed by atoms with Crippen LogP contribution in [0.4, 0.5) is 0 Å². The van der Waals surface area contributed by atoms with Gasteiger partial charge in [0.2, 0.25) is 0 Å². The Morgan fingerprint density at radius 3 is 2.93 bits per heavy atom. The van der Waals surface area contributed by atoms with Gasteiger partial charge in [-0.3, -0.25) is 9.58 Å². The standard InChI is InChI=1S/C9H17N5/c1-13-4-3-7(5-10)9(13)8-6-14(2)12-11-8/h6-7,9H,3-5,10H2,1-2H3. The van der Waals surface area contributed by atoms with Crippen molar-refractivity contribution in [2.24, 2.45) is 18.7 Å². The van der Waals surface area contributed by atoms with E-state index in [1.54, 1.807) is 4.68 Å². The van der Waals surface area contributed by atoms with Gasteiger partial charge in [-0.25, -0.2) is 0 Å².